The molecule has 1 heterocycles. The molecule has 106 valence electrons. The van der Waals surface area contributed by atoms with Gasteiger partial charge in [0.2, 0.25) is 0 Å². The van der Waals surface area contributed by atoms with Gasteiger partial charge in [-0.3, -0.25) is 9.36 Å². The lowest BCUT2D eigenvalue weighted by atomic mass is 10.0. The van der Waals surface area contributed by atoms with E-state index in [2.05, 4.69) is 10.2 Å². The molecule has 1 fully saturated rings. The van der Waals surface area contributed by atoms with E-state index in [1.165, 1.54) is 25.7 Å². The number of aromatic nitrogens is 3. The van der Waals surface area contributed by atoms with Gasteiger partial charge in [-0.25, -0.2) is 9.89 Å². The highest BCUT2D eigenvalue weighted by atomic mass is 32.2. The first kappa shape index (κ1) is 14.2. The lowest BCUT2D eigenvalue weighted by Gasteiger charge is -2.09. The molecule has 1 aromatic heterocycles. The molecule has 0 spiro atoms. The molecular formula is C12H19N3O3S. The first-order chi connectivity index (χ1) is 9.16. The number of aromatic amines is 1. The molecule has 0 amide bonds. The number of carboxylic acid groups (broad SMARTS) is 1. The summed E-state index contributed by atoms with van der Waals surface area (Å²) in [5.74, 6) is -0.178. The van der Waals surface area contributed by atoms with Crippen molar-refractivity contribution < 1.29 is 9.90 Å². The Kier molecular flexibility index (Phi) is 5.07. The van der Waals surface area contributed by atoms with E-state index in [0.29, 0.717) is 11.7 Å². The van der Waals surface area contributed by atoms with Gasteiger partial charge in [-0.05, 0) is 18.8 Å². The number of hydrogen-bond donors (Lipinski definition) is 2. The van der Waals surface area contributed by atoms with Crippen molar-refractivity contribution in [1.29, 1.82) is 0 Å². The second-order valence-electron chi connectivity index (χ2n) is 4.94. The highest BCUT2D eigenvalue weighted by molar-refractivity contribution is 7.99. The second-order valence-corrected chi connectivity index (χ2v) is 5.88. The fourth-order valence-corrected chi connectivity index (χ4v) is 3.27. The molecule has 7 heteroatoms. The maximum atomic E-state index is 11.6. The number of H-pyrrole nitrogens is 1. The predicted octanol–water partition coefficient (Wildman–Crippen LogP) is 1.72. The summed E-state index contributed by atoms with van der Waals surface area (Å²) in [5, 5.41) is 15.4. The van der Waals surface area contributed by atoms with E-state index >= 15 is 0 Å². The molecule has 0 radical (unpaired) electrons. The van der Waals surface area contributed by atoms with Crippen LogP contribution in [0.1, 0.15) is 38.5 Å². The molecule has 1 aliphatic rings. The molecular weight excluding hydrogens is 266 g/mol. The van der Waals surface area contributed by atoms with E-state index in [0.717, 1.165) is 30.5 Å². The number of nitrogens with one attached hydrogen (secondary N) is 1. The van der Waals surface area contributed by atoms with Crippen LogP contribution < -0.4 is 5.69 Å². The van der Waals surface area contributed by atoms with Crippen LogP contribution in [0.3, 0.4) is 0 Å². The number of carbonyl (C=O) groups is 1. The number of aliphatic carboxylic acids is 1. The monoisotopic (exact) mass is 285 g/mol. The minimum atomic E-state index is -0.905. The van der Waals surface area contributed by atoms with Gasteiger partial charge in [0.05, 0.1) is 5.75 Å². The molecule has 6 nitrogen and oxygen atoms in total. The molecule has 19 heavy (non-hydrogen) atoms. The van der Waals surface area contributed by atoms with Gasteiger partial charge >= 0.3 is 11.7 Å². The van der Waals surface area contributed by atoms with E-state index < -0.39 is 5.97 Å². The SMILES string of the molecule is O=C(O)CSc1n[nH]c(=O)n1CCCC1CCCC1. The van der Waals surface area contributed by atoms with Crippen molar-refractivity contribution in [1.82, 2.24) is 14.8 Å². The smallest absolute Gasteiger partial charge is 0.343 e. The van der Waals surface area contributed by atoms with Gasteiger partial charge < -0.3 is 5.11 Å². The summed E-state index contributed by atoms with van der Waals surface area (Å²) in [6.07, 6.45) is 7.36. The summed E-state index contributed by atoms with van der Waals surface area (Å²) in [4.78, 5) is 22.1. The van der Waals surface area contributed by atoms with Crippen molar-refractivity contribution in [2.24, 2.45) is 5.92 Å². The zero-order valence-corrected chi connectivity index (χ0v) is 11.6. The maximum Gasteiger partial charge on any atom is 0.343 e. The Balaban J connectivity index is 1.85. The van der Waals surface area contributed by atoms with Crippen LogP contribution >= 0.6 is 11.8 Å². The van der Waals surface area contributed by atoms with Crippen LogP contribution in [-0.4, -0.2) is 31.6 Å². The third kappa shape index (κ3) is 4.12. The topological polar surface area (TPSA) is 88.0 Å². The Bertz CT molecular complexity index is 477. The van der Waals surface area contributed by atoms with Gasteiger partial charge in [0, 0.05) is 6.54 Å². The van der Waals surface area contributed by atoms with E-state index in [-0.39, 0.29) is 11.4 Å². The molecule has 0 bridgehead atoms. The standard InChI is InChI=1S/C12H19N3O3S/c16-10(17)8-19-12-14-13-11(18)15(12)7-3-6-9-4-1-2-5-9/h9H,1-8H2,(H,13,18)(H,16,17). The first-order valence-corrected chi connectivity index (χ1v) is 7.65. The molecule has 1 saturated carbocycles. The zero-order chi connectivity index (χ0) is 13.7. The highest BCUT2D eigenvalue weighted by Gasteiger charge is 2.15. The summed E-state index contributed by atoms with van der Waals surface area (Å²) < 4.78 is 1.54. The van der Waals surface area contributed by atoms with E-state index in [9.17, 15) is 9.59 Å². The molecule has 0 aliphatic heterocycles. The van der Waals surface area contributed by atoms with Crippen molar-refractivity contribution in [3.05, 3.63) is 10.5 Å². The molecule has 0 unspecified atom stereocenters. The van der Waals surface area contributed by atoms with Gasteiger partial charge in [0.25, 0.3) is 0 Å². The van der Waals surface area contributed by atoms with Crippen molar-refractivity contribution in [3.8, 4) is 0 Å². The van der Waals surface area contributed by atoms with Crippen LogP contribution in [0.2, 0.25) is 0 Å². The zero-order valence-electron chi connectivity index (χ0n) is 10.8. The summed E-state index contributed by atoms with van der Waals surface area (Å²) >= 11 is 1.08. The molecule has 1 aromatic rings. The Morgan fingerprint density at radius 3 is 2.89 bits per heavy atom. The van der Waals surface area contributed by atoms with Crippen molar-refractivity contribution in [2.75, 3.05) is 5.75 Å². The fraction of sp³-hybridized carbons (Fsp3) is 0.750. The predicted molar refractivity (Wildman–Crippen MR) is 72.4 cm³/mol. The van der Waals surface area contributed by atoms with Gasteiger partial charge in [-0.15, -0.1) is 5.10 Å². The third-order valence-corrected chi connectivity index (χ3v) is 4.48. The molecule has 2 rings (SSSR count). The van der Waals surface area contributed by atoms with Crippen LogP contribution in [-0.2, 0) is 11.3 Å². The summed E-state index contributed by atoms with van der Waals surface area (Å²) in [6, 6.07) is 0. The van der Waals surface area contributed by atoms with Gasteiger partial charge in [0.1, 0.15) is 0 Å². The maximum absolute atomic E-state index is 11.6. The lowest BCUT2D eigenvalue weighted by Crippen LogP contribution is -2.18. The normalized spacial score (nSPS) is 16.0. The number of carboxylic acids is 1. The number of rotatable bonds is 7. The minimum Gasteiger partial charge on any atom is -0.481 e. The van der Waals surface area contributed by atoms with E-state index in [1.54, 1.807) is 4.57 Å². The first-order valence-electron chi connectivity index (χ1n) is 6.66. The van der Waals surface area contributed by atoms with Crippen molar-refractivity contribution >= 4 is 17.7 Å². The Morgan fingerprint density at radius 1 is 1.47 bits per heavy atom. The number of nitrogens with zero attached hydrogens (tertiary/aromatic N) is 2. The Morgan fingerprint density at radius 2 is 2.21 bits per heavy atom. The lowest BCUT2D eigenvalue weighted by molar-refractivity contribution is -0.133. The van der Waals surface area contributed by atoms with Crippen LogP contribution in [0.15, 0.2) is 9.95 Å². The average molecular weight is 285 g/mol. The second kappa shape index (κ2) is 6.79. The molecule has 2 N–H and O–H groups in total. The van der Waals surface area contributed by atoms with Gasteiger partial charge in [-0.1, -0.05) is 37.4 Å². The number of thioether (sulfide) groups is 1. The molecule has 0 atom stereocenters. The quantitative estimate of drug-likeness (QED) is 0.745. The Labute approximate surface area is 115 Å². The molecule has 1 aliphatic carbocycles. The van der Waals surface area contributed by atoms with Gasteiger partial charge in [0.15, 0.2) is 5.16 Å². The fourth-order valence-electron chi connectivity index (χ4n) is 2.57. The third-order valence-electron chi connectivity index (χ3n) is 3.52. The summed E-state index contributed by atoms with van der Waals surface area (Å²) in [7, 11) is 0. The van der Waals surface area contributed by atoms with Crippen LogP contribution in [0.25, 0.3) is 0 Å². The van der Waals surface area contributed by atoms with E-state index in [4.69, 9.17) is 5.11 Å². The van der Waals surface area contributed by atoms with Crippen LogP contribution in [0.4, 0.5) is 0 Å². The summed E-state index contributed by atoms with van der Waals surface area (Å²) in [5.41, 5.74) is -0.251. The van der Waals surface area contributed by atoms with Gasteiger partial charge in [-0.2, -0.15) is 0 Å². The van der Waals surface area contributed by atoms with Crippen LogP contribution in [0.5, 0.6) is 0 Å². The minimum absolute atomic E-state index is 0.0765. The Hall–Kier alpha value is -1.24. The average Bonchev–Trinajstić information content (AvgIpc) is 2.99. The van der Waals surface area contributed by atoms with Crippen molar-refractivity contribution in [2.45, 2.75) is 50.2 Å². The van der Waals surface area contributed by atoms with Crippen molar-refractivity contribution in [3.63, 3.8) is 0 Å². The highest BCUT2D eigenvalue weighted by Crippen LogP contribution is 2.28. The van der Waals surface area contributed by atoms with Crippen LogP contribution in [0, 0.1) is 5.92 Å². The summed E-state index contributed by atoms with van der Waals surface area (Å²) in [6.45, 7) is 0.619. The van der Waals surface area contributed by atoms with E-state index in [1.807, 2.05) is 0 Å². The largest absolute Gasteiger partial charge is 0.481 e. The molecule has 0 aromatic carbocycles. The number of hydrogen-bond acceptors (Lipinski definition) is 4. The molecule has 0 saturated heterocycles.